The zero-order chi connectivity index (χ0) is 16.8. The summed E-state index contributed by atoms with van der Waals surface area (Å²) in [6.07, 6.45) is 0.0497. The summed E-state index contributed by atoms with van der Waals surface area (Å²) in [5, 5.41) is 11.5. The Labute approximate surface area is 132 Å². The van der Waals surface area contributed by atoms with Crippen molar-refractivity contribution in [1.29, 1.82) is 0 Å². The first-order chi connectivity index (χ1) is 11.0. The maximum atomic E-state index is 13.6. The lowest BCUT2D eigenvalue weighted by Gasteiger charge is -2.07. The minimum Gasteiger partial charge on any atom is -0.494 e. The van der Waals surface area contributed by atoms with Gasteiger partial charge in [0.2, 0.25) is 5.91 Å². The molecule has 0 heterocycles. The van der Waals surface area contributed by atoms with E-state index < -0.39 is 11.8 Å². The van der Waals surface area contributed by atoms with Crippen molar-refractivity contribution < 1.29 is 23.8 Å². The SMILES string of the molecule is COc1ccc(CC(=O)NCc2ccc(C(=O)O)cc2)cc1F. The summed E-state index contributed by atoms with van der Waals surface area (Å²) >= 11 is 0. The van der Waals surface area contributed by atoms with E-state index in [0.717, 1.165) is 5.56 Å². The molecule has 0 aromatic heterocycles. The molecule has 0 fully saturated rings. The van der Waals surface area contributed by atoms with Crippen molar-refractivity contribution in [2.75, 3.05) is 7.11 Å². The smallest absolute Gasteiger partial charge is 0.335 e. The maximum absolute atomic E-state index is 13.6. The second-order valence-corrected chi connectivity index (χ2v) is 4.92. The first kappa shape index (κ1) is 16.5. The van der Waals surface area contributed by atoms with Crippen LogP contribution in [-0.2, 0) is 17.8 Å². The molecule has 1 amide bonds. The molecule has 0 spiro atoms. The van der Waals surface area contributed by atoms with E-state index >= 15 is 0 Å². The average molecular weight is 317 g/mol. The van der Waals surface area contributed by atoms with Gasteiger partial charge in [0, 0.05) is 6.54 Å². The minimum absolute atomic E-state index is 0.0497. The number of amides is 1. The Morgan fingerprint density at radius 1 is 1.13 bits per heavy atom. The molecule has 0 saturated heterocycles. The second kappa shape index (κ2) is 7.40. The standard InChI is InChI=1S/C17H16FNO4/c1-23-15-7-4-12(8-14(15)18)9-16(20)19-10-11-2-5-13(6-3-11)17(21)22/h2-8H,9-10H2,1H3,(H,19,20)(H,21,22). The van der Waals surface area contributed by atoms with Gasteiger partial charge in [-0.1, -0.05) is 18.2 Å². The quantitative estimate of drug-likeness (QED) is 0.858. The van der Waals surface area contributed by atoms with Gasteiger partial charge < -0.3 is 15.2 Å². The molecule has 0 unspecified atom stereocenters. The number of carboxylic acid groups (broad SMARTS) is 1. The van der Waals surface area contributed by atoms with Gasteiger partial charge in [0.05, 0.1) is 19.1 Å². The number of benzene rings is 2. The van der Waals surface area contributed by atoms with Crippen LogP contribution in [0.1, 0.15) is 21.5 Å². The number of ether oxygens (including phenoxy) is 1. The van der Waals surface area contributed by atoms with E-state index in [4.69, 9.17) is 9.84 Å². The molecular weight excluding hydrogens is 301 g/mol. The van der Waals surface area contributed by atoms with Crippen LogP contribution in [0.3, 0.4) is 0 Å². The highest BCUT2D eigenvalue weighted by Gasteiger charge is 2.08. The molecule has 23 heavy (non-hydrogen) atoms. The number of rotatable bonds is 6. The zero-order valence-electron chi connectivity index (χ0n) is 12.5. The van der Waals surface area contributed by atoms with E-state index in [-0.39, 0.29) is 30.2 Å². The van der Waals surface area contributed by atoms with E-state index in [1.54, 1.807) is 18.2 Å². The molecule has 0 saturated carbocycles. The van der Waals surface area contributed by atoms with Crippen molar-refractivity contribution in [3.63, 3.8) is 0 Å². The summed E-state index contributed by atoms with van der Waals surface area (Å²) in [6.45, 7) is 0.275. The molecule has 2 rings (SSSR count). The molecule has 0 aliphatic carbocycles. The van der Waals surface area contributed by atoms with Crippen LogP contribution in [0.15, 0.2) is 42.5 Å². The number of nitrogens with one attached hydrogen (secondary N) is 1. The number of halogens is 1. The Morgan fingerprint density at radius 2 is 1.78 bits per heavy atom. The first-order valence-corrected chi connectivity index (χ1v) is 6.91. The molecule has 0 aliphatic rings. The summed E-state index contributed by atoms with van der Waals surface area (Å²) in [7, 11) is 1.38. The van der Waals surface area contributed by atoms with Gasteiger partial charge in [-0.2, -0.15) is 0 Å². The summed E-state index contributed by atoms with van der Waals surface area (Å²) in [5.74, 6) is -1.63. The van der Waals surface area contributed by atoms with Crippen molar-refractivity contribution in [2.45, 2.75) is 13.0 Å². The lowest BCUT2D eigenvalue weighted by atomic mass is 10.1. The van der Waals surface area contributed by atoms with Gasteiger partial charge in [-0.15, -0.1) is 0 Å². The van der Waals surface area contributed by atoms with E-state index in [2.05, 4.69) is 5.32 Å². The van der Waals surface area contributed by atoms with Gasteiger partial charge in [0.25, 0.3) is 0 Å². The van der Waals surface area contributed by atoms with E-state index in [1.165, 1.54) is 31.4 Å². The topological polar surface area (TPSA) is 75.6 Å². The Morgan fingerprint density at radius 3 is 2.35 bits per heavy atom. The Bertz CT molecular complexity index is 713. The first-order valence-electron chi connectivity index (χ1n) is 6.91. The number of methoxy groups -OCH3 is 1. The Balaban J connectivity index is 1.89. The minimum atomic E-state index is -0.998. The molecule has 0 radical (unpaired) electrons. The van der Waals surface area contributed by atoms with Crippen LogP contribution in [0.5, 0.6) is 5.75 Å². The highest BCUT2D eigenvalue weighted by molar-refractivity contribution is 5.87. The summed E-state index contributed by atoms with van der Waals surface area (Å²) < 4.78 is 18.4. The fourth-order valence-electron chi connectivity index (χ4n) is 2.03. The summed E-state index contributed by atoms with van der Waals surface area (Å²) in [6, 6.07) is 10.6. The molecule has 0 bridgehead atoms. The highest BCUT2D eigenvalue weighted by Crippen LogP contribution is 2.17. The van der Waals surface area contributed by atoms with Crippen LogP contribution in [0.4, 0.5) is 4.39 Å². The van der Waals surface area contributed by atoms with Crippen LogP contribution in [0.25, 0.3) is 0 Å². The zero-order valence-corrected chi connectivity index (χ0v) is 12.5. The highest BCUT2D eigenvalue weighted by atomic mass is 19.1. The fourth-order valence-corrected chi connectivity index (χ4v) is 2.03. The fraction of sp³-hybridized carbons (Fsp3) is 0.176. The molecule has 0 atom stereocenters. The Hall–Kier alpha value is -2.89. The van der Waals surface area contributed by atoms with Crippen molar-refractivity contribution in [3.05, 3.63) is 65.0 Å². The predicted octanol–water partition coefficient (Wildman–Crippen LogP) is 2.39. The number of aromatic carboxylic acids is 1. The molecule has 2 N–H and O–H groups in total. The van der Waals surface area contributed by atoms with E-state index in [0.29, 0.717) is 5.56 Å². The number of carboxylic acids is 1. The summed E-state index contributed by atoms with van der Waals surface area (Å²) in [4.78, 5) is 22.6. The third kappa shape index (κ3) is 4.54. The average Bonchev–Trinajstić information content (AvgIpc) is 2.53. The molecule has 5 nitrogen and oxygen atoms in total. The molecular formula is C17H16FNO4. The molecule has 6 heteroatoms. The van der Waals surface area contributed by atoms with E-state index in [1.807, 2.05) is 0 Å². The molecule has 0 aliphatic heterocycles. The predicted molar refractivity (Wildman–Crippen MR) is 81.9 cm³/mol. The van der Waals surface area contributed by atoms with Gasteiger partial charge in [-0.25, -0.2) is 9.18 Å². The van der Waals surface area contributed by atoms with Crippen molar-refractivity contribution in [3.8, 4) is 5.75 Å². The monoisotopic (exact) mass is 317 g/mol. The third-order valence-electron chi connectivity index (χ3n) is 3.27. The van der Waals surface area contributed by atoms with Gasteiger partial charge in [0.15, 0.2) is 11.6 Å². The number of hydrogen-bond acceptors (Lipinski definition) is 3. The van der Waals surface area contributed by atoms with E-state index in [9.17, 15) is 14.0 Å². The van der Waals surface area contributed by atoms with Crippen LogP contribution >= 0.6 is 0 Å². The lowest BCUT2D eigenvalue weighted by Crippen LogP contribution is -2.24. The van der Waals surface area contributed by atoms with Gasteiger partial charge in [0.1, 0.15) is 0 Å². The van der Waals surface area contributed by atoms with Gasteiger partial charge in [-0.05, 0) is 35.4 Å². The Kier molecular flexibility index (Phi) is 5.30. The van der Waals surface area contributed by atoms with Gasteiger partial charge in [-0.3, -0.25) is 4.79 Å². The third-order valence-corrected chi connectivity index (χ3v) is 3.27. The van der Waals surface area contributed by atoms with Crippen molar-refractivity contribution in [2.24, 2.45) is 0 Å². The van der Waals surface area contributed by atoms with Crippen molar-refractivity contribution in [1.82, 2.24) is 5.32 Å². The second-order valence-electron chi connectivity index (χ2n) is 4.92. The number of carbonyl (C=O) groups excluding carboxylic acids is 1. The van der Waals surface area contributed by atoms with Crippen LogP contribution in [-0.4, -0.2) is 24.1 Å². The number of carbonyl (C=O) groups is 2. The van der Waals surface area contributed by atoms with Crippen LogP contribution in [0, 0.1) is 5.82 Å². The molecule has 120 valence electrons. The number of hydrogen-bond donors (Lipinski definition) is 2. The van der Waals surface area contributed by atoms with Crippen LogP contribution in [0.2, 0.25) is 0 Å². The summed E-state index contributed by atoms with van der Waals surface area (Å²) in [5.41, 5.74) is 1.51. The maximum Gasteiger partial charge on any atom is 0.335 e. The van der Waals surface area contributed by atoms with Crippen LogP contribution < -0.4 is 10.1 Å². The molecule has 2 aromatic carbocycles. The normalized spacial score (nSPS) is 10.2. The van der Waals surface area contributed by atoms with Crippen molar-refractivity contribution >= 4 is 11.9 Å². The lowest BCUT2D eigenvalue weighted by molar-refractivity contribution is -0.120. The largest absolute Gasteiger partial charge is 0.494 e. The molecule has 2 aromatic rings. The van der Waals surface area contributed by atoms with Gasteiger partial charge >= 0.3 is 5.97 Å².